The van der Waals surface area contributed by atoms with Gasteiger partial charge in [-0.25, -0.2) is 0 Å². The van der Waals surface area contributed by atoms with Crippen molar-refractivity contribution in [3.8, 4) is 5.75 Å². The summed E-state index contributed by atoms with van der Waals surface area (Å²) in [5.74, 6) is 0.232. The first-order chi connectivity index (χ1) is 9.60. The topological polar surface area (TPSA) is 79.5 Å². The largest absolute Gasteiger partial charge is 0.482 e. The Morgan fingerprint density at radius 2 is 2.30 bits per heavy atom. The van der Waals surface area contributed by atoms with Gasteiger partial charge in [-0.1, -0.05) is 13.8 Å². The zero-order valence-corrected chi connectivity index (χ0v) is 11.7. The Labute approximate surface area is 117 Å². The van der Waals surface area contributed by atoms with Crippen LogP contribution in [0, 0.1) is 5.92 Å². The van der Waals surface area contributed by atoms with Gasteiger partial charge in [-0.05, 0) is 24.7 Å². The summed E-state index contributed by atoms with van der Waals surface area (Å²) in [5.41, 5.74) is 1.22. The highest BCUT2D eigenvalue weighted by molar-refractivity contribution is 5.98. The highest BCUT2D eigenvalue weighted by Gasteiger charge is 2.17. The van der Waals surface area contributed by atoms with Gasteiger partial charge in [-0.2, -0.15) is 0 Å². The minimum absolute atomic E-state index is 0.0262. The van der Waals surface area contributed by atoms with E-state index in [1.54, 1.807) is 18.2 Å². The Kier molecular flexibility index (Phi) is 4.57. The van der Waals surface area contributed by atoms with Crippen molar-refractivity contribution < 1.29 is 14.3 Å². The maximum atomic E-state index is 12.0. The number of ether oxygens (including phenoxy) is 1. The van der Waals surface area contributed by atoms with E-state index in [1.165, 1.54) is 0 Å². The van der Waals surface area contributed by atoms with Crippen molar-refractivity contribution >= 4 is 23.2 Å². The molecule has 20 heavy (non-hydrogen) atoms. The molecule has 1 atom stereocenters. The zero-order valence-electron chi connectivity index (χ0n) is 11.7. The van der Waals surface area contributed by atoms with Crippen LogP contribution in [-0.2, 0) is 9.59 Å². The van der Waals surface area contributed by atoms with E-state index in [0.29, 0.717) is 23.7 Å². The Bertz CT molecular complexity index is 516. The third-order valence-electron chi connectivity index (χ3n) is 3.03. The maximum Gasteiger partial charge on any atom is 0.262 e. The second-order valence-electron chi connectivity index (χ2n) is 4.75. The molecule has 0 spiro atoms. The number of amides is 2. The lowest BCUT2D eigenvalue weighted by Crippen LogP contribution is -2.30. The van der Waals surface area contributed by atoms with Crippen molar-refractivity contribution in [3.05, 3.63) is 18.2 Å². The number of hydrogen-bond donors (Lipinski definition) is 3. The second-order valence-corrected chi connectivity index (χ2v) is 4.75. The van der Waals surface area contributed by atoms with Gasteiger partial charge in [0.15, 0.2) is 6.61 Å². The first-order valence-electron chi connectivity index (χ1n) is 6.68. The molecule has 108 valence electrons. The van der Waals surface area contributed by atoms with Gasteiger partial charge in [0.2, 0.25) is 5.91 Å². The van der Waals surface area contributed by atoms with Crippen LogP contribution in [0.4, 0.5) is 11.4 Å². The number of hydrogen-bond acceptors (Lipinski definition) is 4. The lowest BCUT2D eigenvalue weighted by Gasteiger charge is -2.19. The van der Waals surface area contributed by atoms with Crippen molar-refractivity contribution in [1.29, 1.82) is 0 Å². The third-order valence-corrected chi connectivity index (χ3v) is 3.03. The summed E-state index contributed by atoms with van der Waals surface area (Å²) in [6.07, 6.45) is 0. The fourth-order valence-corrected chi connectivity index (χ4v) is 1.88. The molecule has 0 bridgehead atoms. The van der Waals surface area contributed by atoms with E-state index in [-0.39, 0.29) is 24.3 Å². The molecule has 1 unspecified atom stereocenters. The standard InChI is InChI=1S/C14H19N3O3/c1-3-15-7-9(2)14(19)16-10-4-5-12-11(6-10)17-13(18)8-20-12/h4-6,9,15H,3,7-8H2,1-2H3,(H,16,19)(H,17,18). The number of carbonyl (C=O) groups excluding carboxylic acids is 2. The van der Waals surface area contributed by atoms with Gasteiger partial charge in [0.1, 0.15) is 5.75 Å². The smallest absolute Gasteiger partial charge is 0.262 e. The number of carbonyl (C=O) groups is 2. The van der Waals surface area contributed by atoms with Crippen LogP contribution < -0.4 is 20.7 Å². The minimum Gasteiger partial charge on any atom is -0.482 e. The van der Waals surface area contributed by atoms with Crippen molar-refractivity contribution in [2.75, 3.05) is 30.3 Å². The van der Waals surface area contributed by atoms with Gasteiger partial charge >= 0.3 is 0 Å². The van der Waals surface area contributed by atoms with E-state index < -0.39 is 0 Å². The highest BCUT2D eigenvalue weighted by Crippen LogP contribution is 2.30. The Morgan fingerprint density at radius 1 is 1.50 bits per heavy atom. The zero-order chi connectivity index (χ0) is 14.5. The molecule has 0 saturated carbocycles. The third kappa shape index (κ3) is 3.48. The molecule has 2 amide bonds. The molecule has 0 aliphatic carbocycles. The number of benzene rings is 1. The molecule has 6 nitrogen and oxygen atoms in total. The first-order valence-corrected chi connectivity index (χ1v) is 6.68. The average Bonchev–Trinajstić information content (AvgIpc) is 2.44. The molecule has 1 aliphatic heterocycles. The van der Waals surface area contributed by atoms with Crippen LogP contribution >= 0.6 is 0 Å². The number of anilines is 2. The van der Waals surface area contributed by atoms with E-state index in [9.17, 15) is 9.59 Å². The van der Waals surface area contributed by atoms with E-state index in [4.69, 9.17) is 4.74 Å². The van der Waals surface area contributed by atoms with Crippen LogP contribution in [0.3, 0.4) is 0 Å². The number of nitrogens with one attached hydrogen (secondary N) is 3. The van der Waals surface area contributed by atoms with Crippen LogP contribution in [-0.4, -0.2) is 31.5 Å². The van der Waals surface area contributed by atoms with E-state index in [0.717, 1.165) is 6.54 Å². The molecule has 0 fully saturated rings. The van der Waals surface area contributed by atoms with Gasteiger partial charge in [-0.3, -0.25) is 9.59 Å². The van der Waals surface area contributed by atoms with E-state index >= 15 is 0 Å². The van der Waals surface area contributed by atoms with Crippen LogP contribution in [0.25, 0.3) is 0 Å². The molecule has 1 aromatic carbocycles. The van der Waals surface area contributed by atoms with Crippen molar-refractivity contribution in [1.82, 2.24) is 5.32 Å². The second kappa shape index (κ2) is 6.38. The Balaban J connectivity index is 2.01. The maximum absolute atomic E-state index is 12.0. The molecule has 1 aliphatic rings. The van der Waals surface area contributed by atoms with Gasteiger partial charge in [-0.15, -0.1) is 0 Å². The molecule has 3 N–H and O–H groups in total. The predicted octanol–water partition coefficient (Wildman–Crippen LogP) is 1.20. The van der Waals surface area contributed by atoms with Gasteiger partial charge in [0, 0.05) is 18.2 Å². The lowest BCUT2D eigenvalue weighted by atomic mass is 10.1. The van der Waals surface area contributed by atoms with Crippen LogP contribution in [0.1, 0.15) is 13.8 Å². The Morgan fingerprint density at radius 3 is 3.05 bits per heavy atom. The molecule has 6 heteroatoms. The molecule has 1 heterocycles. The van der Waals surface area contributed by atoms with Gasteiger partial charge < -0.3 is 20.7 Å². The summed E-state index contributed by atoms with van der Waals surface area (Å²) in [7, 11) is 0. The molecule has 2 rings (SSSR count). The molecular weight excluding hydrogens is 258 g/mol. The van der Waals surface area contributed by atoms with Gasteiger partial charge in [0.25, 0.3) is 5.91 Å². The summed E-state index contributed by atoms with van der Waals surface area (Å²) in [5, 5.41) is 8.67. The predicted molar refractivity (Wildman–Crippen MR) is 76.9 cm³/mol. The van der Waals surface area contributed by atoms with Crippen LogP contribution in [0.2, 0.25) is 0 Å². The van der Waals surface area contributed by atoms with E-state index in [2.05, 4.69) is 16.0 Å². The molecular formula is C14H19N3O3. The summed E-state index contributed by atoms with van der Waals surface area (Å²) in [4.78, 5) is 23.2. The Hall–Kier alpha value is -2.08. The monoisotopic (exact) mass is 277 g/mol. The van der Waals surface area contributed by atoms with Crippen LogP contribution in [0.5, 0.6) is 5.75 Å². The molecule has 0 radical (unpaired) electrons. The van der Waals surface area contributed by atoms with Crippen molar-refractivity contribution in [2.45, 2.75) is 13.8 Å². The van der Waals surface area contributed by atoms with Crippen molar-refractivity contribution in [3.63, 3.8) is 0 Å². The summed E-state index contributed by atoms with van der Waals surface area (Å²) in [6.45, 7) is 5.35. The fraction of sp³-hybridized carbons (Fsp3) is 0.429. The van der Waals surface area contributed by atoms with Crippen molar-refractivity contribution in [2.24, 2.45) is 5.92 Å². The summed E-state index contributed by atoms with van der Waals surface area (Å²) >= 11 is 0. The SMILES string of the molecule is CCNCC(C)C(=O)Nc1ccc2c(c1)NC(=O)CO2. The quantitative estimate of drug-likeness (QED) is 0.755. The van der Waals surface area contributed by atoms with Gasteiger partial charge in [0.05, 0.1) is 5.69 Å². The first kappa shape index (κ1) is 14.3. The molecule has 0 aromatic heterocycles. The molecule has 1 aromatic rings. The number of rotatable bonds is 5. The molecule has 0 saturated heterocycles. The van der Waals surface area contributed by atoms with Crippen LogP contribution in [0.15, 0.2) is 18.2 Å². The summed E-state index contributed by atoms with van der Waals surface area (Å²) < 4.78 is 5.26. The normalized spacial score (nSPS) is 14.8. The van der Waals surface area contributed by atoms with E-state index in [1.807, 2.05) is 13.8 Å². The fourth-order valence-electron chi connectivity index (χ4n) is 1.88. The summed E-state index contributed by atoms with van der Waals surface area (Å²) in [6, 6.07) is 5.19. The minimum atomic E-state index is -0.193. The lowest BCUT2D eigenvalue weighted by molar-refractivity contribution is -0.119. The average molecular weight is 277 g/mol. The highest BCUT2D eigenvalue weighted by atomic mass is 16.5. The number of fused-ring (bicyclic) bond motifs is 1.